The summed E-state index contributed by atoms with van der Waals surface area (Å²) >= 11 is 0. The van der Waals surface area contributed by atoms with Gasteiger partial charge in [-0.1, -0.05) is 0 Å². The molecule has 0 atom stereocenters. The van der Waals surface area contributed by atoms with Crippen LogP contribution in [0.15, 0.2) is 18.2 Å². The van der Waals surface area contributed by atoms with Crippen molar-refractivity contribution in [2.45, 2.75) is 13.8 Å². The van der Waals surface area contributed by atoms with Gasteiger partial charge in [0, 0.05) is 19.2 Å². The quantitative estimate of drug-likeness (QED) is 0.774. The van der Waals surface area contributed by atoms with Crippen LogP contribution < -0.4 is 15.0 Å². The van der Waals surface area contributed by atoms with E-state index in [0.717, 1.165) is 0 Å². The summed E-state index contributed by atoms with van der Waals surface area (Å²) in [6.45, 7) is 4.97. The van der Waals surface area contributed by atoms with Gasteiger partial charge in [-0.2, -0.15) is 0 Å². The van der Waals surface area contributed by atoms with E-state index < -0.39 is 12.2 Å². The van der Waals surface area contributed by atoms with Crippen LogP contribution in [0.2, 0.25) is 0 Å². The lowest BCUT2D eigenvalue weighted by Crippen LogP contribution is -2.37. The van der Waals surface area contributed by atoms with E-state index in [2.05, 4.69) is 5.32 Å². The number of amides is 2. The molecule has 1 aromatic carbocycles. The van der Waals surface area contributed by atoms with E-state index in [4.69, 9.17) is 14.2 Å². The third-order valence-corrected chi connectivity index (χ3v) is 3.27. The van der Waals surface area contributed by atoms with Crippen molar-refractivity contribution in [3.05, 3.63) is 18.2 Å². The van der Waals surface area contributed by atoms with Gasteiger partial charge in [-0.05, 0) is 40.1 Å². The highest BCUT2D eigenvalue weighted by Gasteiger charge is 2.22. The Balaban J connectivity index is 3.22. The summed E-state index contributed by atoms with van der Waals surface area (Å²) < 4.78 is 15.3. The van der Waals surface area contributed by atoms with Crippen LogP contribution in [0.25, 0.3) is 0 Å². The molecule has 25 heavy (non-hydrogen) atoms. The molecule has 0 unspecified atom stereocenters. The standard InChI is InChI=1S/C17H27N3O5/c1-6-24-16(21)18-14-9-8-13(23-5)12-15(14)20(11-10-19(3)4)17(22)25-7-2/h8-9,12H,6-7,10-11H2,1-5H3,(H,18,21). The van der Waals surface area contributed by atoms with Gasteiger partial charge in [0.05, 0.1) is 31.7 Å². The highest BCUT2D eigenvalue weighted by molar-refractivity contribution is 5.97. The van der Waals surface area contributed by atoms with Gasteiger partial charge in [-0.3, -0.25) is 10.2 Å². The van der Waals surface area contributed by atoms with E-state index in [1.54, 1.807) is 32.0 Å². The molecule has 1 aromatic rings. The first-order chi connectivity index (χ1) is 11.9. The Morgan fingerprint density at radius 3 is 2.32 bits per heavy atom. The van der Waals surface area contributed by atoms with Crippen LogP contribution in [0.4, 0.5) is 21.0 Å². The Hall–Kier alpha value is -2.48. The van der Waals surface area contributed by atoms with Crippen LogP contribution in [0, 0.1) is 0 Å². The van der Waals surface area contributed by atoms with E-state index in [0.29, 0.717) is 30.2 Å². The van der Waals surface area contributed by atoms with Gasteiger partial charge >= 0.3 is 12.2 Å². The molecule has 0 heterocycles. The Kier molecular flexibility index (Phi) is 8.55. The number of nitrogens with zero attached hydrogens (tertiary/aromatic N) is 2. The van der Waals surface area contributed by atoms with Crippen molar-refractivity contribution in [3.63, 3.8) is 0 Å². The van der Waals surface area contributed by atoms with Crippen molar-refractivity contribution >= 4 is 23.6 Å². The van der Waals surface area contributed by atoms with E-state index in [1.807, 2.05) is 19.0 Å². The van der Waals surface area contributed by atoms with Gasteiger partial charge in [0.25, 0.3) is 0 Å². The van der Waals surface area contributed by atoms with Gasteiger partial charge in [0.1, 0.15) is 5.75 Å². The average molecular weight is 353 g/mol. The minimum atomic E-state index is -0.592. The molecule has 0 aliphatic rings. The fourth-order valence-electron chi connectivity index (χ4n) is 2.06. The van der Waals surface area contributed by atoms with E-state index in [1.165, 1.54) is 12.0 Å². The van der Waals surface area contributed by atoms with Gasteiger partial charge in [-0.25, -0.2) is 9.59 Å². The topological polar surface area (TPSA) is 80.3 Å². The first-order valence-corrected chi connectivity index (χ1v) is 8.13. The summed E-state index contributed by atoms with van der Waals surface area (Å²) in [6, 6.07) is 5.03. The zero-order valence-electron chi connectivity index (χ0n) is 15.5. The monoisotopic (exact) mass is 353 g/mol. The lowest BCUT2D eigenvalue weighted by atomic mass is 10.2. The fourth-order valence-corrected chi connectivity index (χ4v) is 2.06. The minimum absolute atomic E-state index is 0.250. The molecular formula is C17H27N3O5. The molecule has 0 spiro atoms. The van der Waals surface area contributed by atoms with E-state index in [9.17, 15) is 9.59 Å². The smallest absolute Gasteiger partial charge is 0.414 e. The number of rotatable bonds is 8. The first-order valence-electron chi connectivity index (χ1n) is 8.13. The number of methoxy groups -OCH3 is 1. The Bertz CT molecular complexity index is 577. The zero-order valence-corrected chi connectivity index (χ0v) is 15.5. The van der Waals surface area contributed by atoms with Crippen molar-refractivity contribution < 1.29 is 23.8 Å². The maximum atomic E-state index is 12.4. The lowest BCUT2D eigenvalue weighted by molar-refractivity contribution is 0.159. The number of hydrogen-bond acceptors (Lipinski definition) is 6. The Morgan fingerprint density at radius 1 is 1.08 bits per heavy atom. The maximum absolute atomic E-state index is 12.4. The second kappa shape index (κ2) is 10.4. The lowest BCUT2D eigenvalue weighted by Gasteiger charge is -2.26. The molecule has 0 aliphatic heterocycles. The molecule has 1 rings (SSSR count). The molecule has 0 bridgehead atoms. The molecule has 140 valence electrons. The number of carbonyl (C=O) groups excluding carboxylic acids is 2. The predicted octanol–water partition coefficient (Wildman–Crippen LogP) is 2.79. The molecule has 8 nitrogen and oxygen atoms in total. The highest BCUT2D eigenvalue weighted by Crippen LogP contribution is 2.31. The second-order valence-electron chi connectivity index (χ2n) is 5.38. The van der Waals surface area contributed by atoms with Crippen LogP contribution in [0.3, 0.4) is 0 Å². The van der Waals surface area contributed by atoms with Gasteiger partial charge in [0.2, 0.25) is 0 Å². The van der Waals surface area contributed by atoms with E-state index >= 15 is 0 Å². The van der Waals surface area contributed by atoms with Crippen LogP contribution in [-0.2, 0) is 9.47 Å². The Labute approximate surface area is 148 Å². The largest absolute Gasteiger partial charge is 0.497 e. The fraction of sp³-hybridized carbons (Fsp3) is 0.529. The summed E-state index contributed by atoms with van der Waals surface area (Å²) in [5, 5.41) is 2.65. The maximum Gasteiger partial charge on any atom is 0.414 e. The van der Waals surface area contributed by atoms with Crippen LogP contribution in [0.1, 0.15) is 13.8 Å². The van der Waals surface area contributed by atoms with Crippen molar-refractivity contribution in [1.29, 1.82) is 0 Å². The van der Waals surface area contributed by atoms with Gasteiger partial charge < -0.3 is 19.1 Å². The third-order valence-electron chi connectivity index (χ3n) is 3.27. The molecular weight excluding hydrogens is 326 g/mol. The summed E-state index contributed by atoms with van der Waals surface area (Å²) in [7, 11) is 5.35. The van der Waals surface area contributed by atoms with Gasteiger partial charge in [-0.15, -0.1) is 0 Å². The van der Waals surface area contributed by atoms with Crippen molar-refractivity contribution in [2.24, 2.45) is 0 Å². The highest BCUT2D eigenvalue weighted by atomic mass is 16.6. The van der Waals surface area contributed by atoms with Crippen LogP contribution in [-0.4, -0.2) is 64.6 Å². The molecule has 0 saturated heterocycles. The molecule has 8 heteroatoms. The number of anilines is 2. The van der Waals surface area contributed by atoms with Crippen molar-refractivity contribution in [2.75, 3.05) is 57.7 Å². The van der Waals surface area contributed by atoms with Crippen molar-refractivity contribution in [3.8, 4) is 5.75 Å². The average Bonchev–Trinajstić information content (AvgIpc) is 2.56. The zero-order chi connectivity index (χ0) is 18.8. The predicted molar refractivity (Wildman–Crippen MR) is 96.6 cm³/mol. The van der Waals surface area contributed by atoms with E-state index in [-0.39, 0.29) is 13.2 Å². The number of ether oxygens (including phenoxy) is 3. The molecule has 0 aliphatic carbocycles. The molecule has 0 saturated carbocycles. The summed E-state index contributed by atoms with van der Waals surface area (Å²) in [5.41, 5.74) is 0.916. The third kappa shape index (κ3) is 6.50. The minimum Gasteiger partial charge on any atom is -0.497 e. The SMILES string of the molecule is CCOC(=O)Nc1ccc(OC)cc1N(CCN(C)C)C(=O)OCC. The molecule has 0 radical (unpaired) electrons. The normalized spacial score (nSPS) is 10.3. The van der Waals surface area contributed by atoms with Crippen LogP contribution in [0.5, 0.6) is 5.75 Å². The molecule has 1 N–H and O–H groups in total. The molecule has 0 aromatic heterocycles. The number of carbonyl (C=O) groups is 2. The van der Waals surface area contributed by atoms with Crippen LogP contribution >= 0.6 is 0 Å². The number of hydrogen-bond donors (Lipinski definition) is 1. The molecule has 0 fully saturated rings. The Morgan fingerprint density at radius 2 is 1.76 bits per heavy atom. The van der Waals surface area contributed by atoms with Crippen molar-refractivity contribution in [1.82, 2.24) is 4.90 Å². The summed E-state index contributed by atoms with van der Waals surface area (Å²) in [5.74, 6) is 0.559. The summed E-state index contributed by atoms with van der Waals surface area (Å²) in [6.07, 6.45) is -1.09. The number of likely N-dealkylation sites (N-methyl/N-ethyl adjacent to an activating group) is 1. The summed E-state index contributed by atoms with van der Waals surface area (Å²) in [4.78, 5) is 27.6. The first kappa shape index (κ1) is 20.6. The van der Waals surface area contributed by atoms with Gasteiger partial charge in [0.15, 0.2) is 0 Å². The second-order valence-corrected chi connectivity index (χ2v) is 5.38. The number of benzene rings is 1. The number of nitrogens with one attached hydrogen (secondary N) is 1. The molecule has 2 amide bonds.